The lowest BCUT2D eigenvalue weighted by atomic mass is 10.2. The number of hydrogen-bond acceptors (Lipinski definition) is 7. The highest BCUT2D eigenvalue weighted by atomic mass is 32.1. The van der Waals surface area contributed by atoms with Crippen LogP contribution in [0.2, 0.25) is 0 Å². The van der Waals surface area contributed by atoms with Crippen LogP contribution >= 0.6 is 11.3 Å². The van der Waals surface area contributed by atoms with Crippen LogP contribution in [0.15, 0.2) is 5.38 Å². The number of Topliss-reactive ketones (excluding diaryl/α,β-unsaturated/α-hetero) is 1. The van der Waals surface area contributed by atoms with Gasteiger partial charge in [0.05, 0.1) is 13.2 Å². The number of nitrogens with zero attached hydrogens (tertiary/aromatic N) is 1. The molecule has 1 aromatic heterocycles. The molecule has 0 spiro atoms. The van der Waals surface area contributed by atoms with Crippen LogP contribution < -0.4 is 5.32 Å². The zero-order valence-corrected chi connectivity index (χ0v) is 13.2. The van der Waals surface area contributed by atoms with Gasteiger partial charge in [-0.2, -0.15) is 0 Å². The van der Waals surface area contributed by atoms with Crippen LogP contribution in [0.5, 0.6) is 0 Å². The van der Waals surface area contributed by atoms with Gasteiger partial charge in [0.1, 0.15) is 11.3 Å². The second-order valence-corrected chi connectivity index (χ2v) is 5.90. The average Bonchev–Trinajstić information content (AvgIpc) is 2.83. The largest absolute Gasteiger partial charge is 0.461 e. The van der Waals surface area contributed by atoms with Gasteiger partial charge in [0.15, 0.2) is 0 Å². The summed E-state index contributed by atoms with van der Waals surface area (Å²) in [5, 5.41) is 3.90. The number of aromatic nitrogens is 1. The Hall–Kier alpha value is -1.96. The number of ketones is 1. The first-order valence-corrected chi connectivity index (χ1v) is 7.23. The number of rotatable bonds is 5. The standard InChI is InChI=1S/C13H18N2O5S/c1-5-19-11(17)10-15-8(7-21-10)9(16)6-14-12(18)20-13(2,3)4/h7H,5-6H2,1-4H3,(H,14,18). The number of thiazole rings is 1. The van der Waals surface area contributed by atoms with Gasteiger partial charge in [-0.05, 0) is 27.7 Å². The van der Waals surface area contributed by atoms with Crippen molar-refractivity contribution in [2.45, 2.75) is 33.3 Å². The van der Waals surface area contributed by atoms with Crippen LogP contribution in [0, 0.1) is 0 Å². The molecule has 0 saturated heterocycles. The highest BCUT2D eigenvalue weighted by molar-refractivity contribution is 7.11. The molecule has 0 bridgehead atoms. The summed E-state index contributed by atoms with van der Waals surface area (Å²) in [7, 11) is 0. The maximum atomic E-state index is 11.8. The molecule has 1 aromatic rings. The van der Waals surface area contributed by atoms with Gasteiger partial charge in [0, 0.05) is 5.38 Å². The van der Waals surface area contributed by atoms with Crippen molar-refractivity contribution in [3.05, 3.63) is 16.1 Å². The number of carbonyl (C=O) groups excluding carboxylic acids is 3. The predicted molar refractivity (Wildman–Crippen MR) is 76.6 cm³/mol. The van der Waals surface area contributed by atoms with Gasteiger partial charge in [-0.25, -0.2) is 14.6 Å². The third-order valence-corrected chi connectivity index (χ3v) is 2.85. The van der Waals surface area contributed by atoms with Crippen molar-refractivity contribution in [3.8, 4) is 0 Å². The Kier molecular flexibility index (Phi) is 5.83. The van der Waals surface area contributed by atoms with E-state index in [1.54, 1.807) is 27.7 Å². The minimum absolute atomic E-state index is 0.109. The zero-order chi connectivity index (χ0) is 16.0. The van der Waals surface area contributed by atoms with E-state index < -0.39 is 23.4 Å². The van der Waals surface area contributed by atoms with E-state index in [1.807, 2.05) is 0 Å². The lowest BCUT2D eigenvalue weighted by molar-refractivity contribution is 0.0511. The smallest absolute Gasteiger partial charge is 0.408 e. The SMILES string of the molecule is CCOC(=O)c1nc(C(=O)CNC(=O)OC(C)(C)C)cs1. The molecule has 7 nitrogen and oxygen atoms in total. The number of ether oxygens (including phenoxy) is 2. The highest BCUT2D eigenvalue weighted by Gasteiger charge is 2.19. The van der Waals surface area contributed by atoms with E-state index in [0.717, 1.165) is 11.3 Å². The molecular weight excluding hydrogens is 296 g/mol. The molecule has 0 atom stereocenters. The van der Waals surface area contributed by atoms with Crippen LogP contribution in [0.1, 0.15) is 48.0 Å². The fraction of sp³-hybridized carbons (Fsp3) is 0.538. The van der Waals surface area contributed by atoms with Crippen LogP contribution in [-0.4, -0.2) is 41.6 Å². The molecule has 116 valence electrons. The molecule has 0 fully saturated rings. The molecule has 0 saturated carbocycles. The molecule has 0 unspecified atom stereocenters. The maximum Gasteiger partial charge on any atom is 0.408 e. The Balaban J connectivity index is 2.53. The summed E-state index contributed by atoms with van der Waals surface area (Å²) < 4.78 is 9.79. The maximum absolute atomic E-state index is 11.8. The van der Waals surface area contributed by atoms with Crippen LogP contribution in [-0.2, 0) is 9.47 Å². The second kappa shape index (κ2) is 7.16. The van der Waals surface area contributed by atoms with Gasteiger partial charge in [0.2, 0.25) is 10.8 Å². The van der Waals surface area contributed by atoms with Crippen molar-refractivity contribution in [2.75, 3.05) is 13.2 Å². The summed E-state index contributed by atoms with van der Waals surface area (Å²) in [6.07, 6.45) is -0.684. The zero-order valence-electron chi connectivity index (χ0n) is 12.4. The monoisotopic (exact) mass is 314 g/mol. The molecule has 1 amide bonds. The molecule has 0 aliphatic heterocycles. The average molecular weight is 314 g/mol. The van der Waals surface area contributed by atoms with Crippen molar-refractivity contribution >= 4 is 29.2 Å². The van der Waals surface area contributed by atoms with E-state index in [-0.39, 0.29) is 23.9 Å². The Morgan fingerprint density at radius 1 is 1.33 bits per heavy atom. The molecule has 0 aromatic carbocycles. The third-order valence-electron chi connectivity index (χ3n) is 2.03. The van der Waals surface area contributed by atoms with E-state index in [2.05, 4.69) is 10.3 Å². The number of hydrogen-bond donors (Lipinski definition) is 1. The third kappa shape index (κ3) is 5.90. The van der Waals surface area contributed by atoms with Gasteiger partial charge >= 0.3 is 12.1 Å². The fourth-order valence-corrected chi connectivity index (χ4v) is 1.96. The van der Waals surface area contributed by atoms with Gasteiger partial charge in [-0.1, -0.05) is 0 Å². The van der Waals surface area contributed by atoms with Gasteiger partial charge in [-0.3, -0.25) is 4.79 Å². The highest BCUT2D eigenvalue weighted by Crippen LogP contribution is 2.12. The van der Waals surface area contributed by atoms with E-state index in [9.17, 15) is 14.4 Å². The number of carbonyl (C=O) groups is 3. The Bertz CT molecular complexity index is 533. The Labute approximate surface area is 126 Å². The van der Waals surface area contributed by atoms with Crippen molar-refractivity contribution in [2.24, 2.45) is 0 Å². The van der Waals surface area contributed by atoms with Crippen LogP contribution in [0.3, 0.4) is 0 Å². The molecule has 0 aliphatic carbocycles. The molecule has 1 N–H and O–H groups in total. The minimum atomic E-state index is -0.684. The molecule has 0 aliphatic rings. The number of esters is 1. The lowest BCUT2D eigenvalue weighted by Crippen LogP contribution is -2.35. The van der Waals surface area contributed by atoms with Crippen molar-refractivity contribution in [3.63, 3.8) is 0 Å². The molecule has 0 radical (unpaired) electrons. The van der Waals surface area contributed by atoms with Gasteiger partial charge in [-0.15, -0.1) is 11.3 Å². The van der Waals surface area contributed by atoms with E-state index in [1.165, 1.54) is 5.38 Å². The normalized spacial score (nSPS) is 10.9. The molecule has 1 heterocycles. The summed E-state index contributed by atoms with van der Waals surface area (Å²) in [4.78, 5) is 38.6. The number of alkyl carbamates (subject to hydrolysis) is 1. The van der Waals surface area contributed by atoms with Gasteiger partial charge < -0.3 is 14.8 Å². The first-order chi connectivity index (χ1) is 9.73. The van der Waals surface area contributed by atoms with Crippen molar-refractivity contribution < 1.29 is 23.9 Å². The summed E-state index contributed by atoms with van der Waals surface area (Å²) in [6, 6.07) is 0. The summed E-state index contributed by atoms with van der Waals surface area (Å²) in [5.41, 5.74) is -0.524. The Morgan fingerprint density at radius 3 is 2.57 bits per heavy atom. The van der Waals surface area contributed by atoms with E-state index in [4.69, 9.17) is 9.47 Å². The molecule has 8 heteroatoms. The topological polar surface area (TPSA) is 94.6 Å². The minimum Gasteiger partial charge on any atom is -0.461 e. The molecular formula is C13H18N2O5S. The second-order valence-electron chi connectivity index (χ2n) is 5.04. The quantitative estimate of drug-likeness (QED) is 0.660. The first-order valence-electron chi connectivity index (χ1n) is 6.35. The van der Waals surface area contributed by atoms with Crippen molar-refractivity contribution in [1.29, 1.82) is 0 Å². The molecule has 21 heavy (non-hydrogen) atoms. The molecule has 1 rings (SSSR count). The fourth-order valence-electron chi connectivity index (χ4n) is 1.25. The summed E-state index contributed by atoms with van der Waals surface area (Å²) in [6.45, 7) is 6.84. The van der Waals surface area contributed by atoms with Gasteiger partial charge in [0.25, 0.3) is 0 Å². The van der Waals surface area contributed by atoms with Crippen LogP contribution in [0.4, 0.5) is 4.79 Å². The first kappa shape index (κ1) is 17.1. The van der Waals surface area contributed by atoms with Crippen molar-refractivity contribution in [1.82, 2.24) is 10.3 Å². The van der Waals surface area contributed by atoms with E-state index in [0.29, 0.717) is 0 Å². The summed E-state index contributed by atoms with van der Waals surface area (Å²) in [5.74, 6) is -0.977. The lowest BCUT2D eigenvalue weighted by Gasteiger charge is -2.19. The summed E-state index contributed by atoms with van der Waals surface area (Å²) >= 11 is 1.02. The predicted octanol–water partition coefficient (Wildman–Crippen LogP) is 2.03. The van der Waals surface area contributed by atoms with E-state index >= 15 is 0 Å². The Morgan fingerprint density at radius 2 is 2.00 bits per heavy atom. The number of amides is 1. The van der Waals surface area contributed by atoms with Crippen LogP contribution in [0.25, 0.3) is 0 Å². The number of nitrogens with one attached hydrogen (secondary N) is 1.